The Labute approximate surface area is 348 Å². The highest BCUT2D eigenvalue weighted by atomic mass is 32.1. The van der Waals surface area contributed by atoms with Crippen LogP contribution in [0.3, 0.4) is 0 Å². The van der Waals surface area contributed by atoms with Crippen LogP contribution in [0, 0.1) is 0 Å². The van der Waals surface area contributed by atoms with Crippen molar-refractivity contribution in [1.29, 1.82) is 0 Å². The topological polar surface area (TPSA) is 24.7 Å². The summed E-state index contributed by atoms with van der Waals surface area (Å²) in [5.41, 5.74) is 11.4. The second-order valence-corrected chi connectivity index (χ2v) is 16.7. The number of fused-ring (bicyclic) bond motifs is 9. The minimum atomic E-state index is 0.739. The molecule has 280 valence electrons. The maximum atomic E-state index is 5.43. The maximum absolute atomic E-state index is 5.43. The maximum Gasteiger partial charge on any atom is 0.160 e. The third-order valence-corrected chi connectivity index (χ3v) is 13.1. The Bertz CT molecular complexity index is 3350. The number of hydrogen-bond donors (Lipinski definition) is 0. The van der Waals surface area contributed by atoms with Gasteiger partial charge in [0.05, 0.1) is 11.4 Å². The number of rotatable bonds is 5. The van der Waals surface area contributed by atoms with Crippen LogP contribution >= 0.6 is 11.3 Å². The molecule has 9 aromatic carbocycles. The lowest BCUT2D eigenvalue weighted by Crippen LogP contribution is -2.07. The molecular weight excluding hydrogens is 733 g/mol. The molecule has 11 rings (SSSR count). The first-order valence-electron chi connectivity index (χ1n) is 20.5. The third-order valence-electron chi connectivity index (χ3n) is 12.0. The minimum absolute atomic E-state index is 0.739. The van der Waals surface area contributed by atoms with Gasteiger partial charge < -0.3 is 0 Å². The highest BCUT2D eigenvalue weighted by molar-refractivity contribution is 7.25. The molecule has 0 atom stereocenters. The van der Waals surface area contributed by atoms with E-state index in [1.165, 1.54) is 74.8 Å². The monoisotopic (exact) mass is 772 g/mol. The van der Waals surface area contributed by atoms with Gasteiger partial charge in [0.25, 0.3) is 0 Å². The van der Waals surface area contributed by atoms with Gasteiger partial charge >= 0.3 is 0 Å². The van der Waals surface area contributed by atoms with E-state index in [2.05, 4.69) is 195 Å². The van der Waals surface area contributed by atoms with Gasteiger partial charge in [-0.05, 0) is 122 Å². The van der Waals surface area contributed by atoms with Gasteiger partial charge in [0.15, 0.2) is 5.84 Å². The summed E-state index contributed by atoms with van der Waals surface area (Å²) in [6.45, 7) is 2.23. The Morgan fingerprint density at radius 1 is 0.390 bits per heavy atom. The fraction of sp³-hybridized carbons (Fsp3) is 0.0714. The number of aliphatic imine (C=N–C) groups is 2. The molecule has 1 aromatic heterocycles. The van der Waals surface area contributed by atoms with E-state index in [0.29, 0.717) is 0 Å². The zero-order chi connectivity index (χ0) is 39.3. The molecule has 2 nitrogen and oxygen atoms in total. The molecule has 0 unspecified atom stereocenters. The van der Waals surface area contributed by atoms with Gasteiger partial charge in [-0.1, -0.05) is 158 Å². The van der Waals surface area contributed by atoms with Crippen LogP contribution in [0.5, 0.6) is 0 Å². The summed E-state index contributed by atoms with van der Waals surface area (Å²) < 4.78 is 2.65. The van der Waals surface area contributed by atoms with E-state index in [1.807, 2.05) is 11.3 Å². The molecule has 0 bridgehead atoms. The zero-order valence-corrected chi connectivity index (χ0v) is 33.6. The van der Waals surface area contributed by atoms with Crippen LogP contribution in [0.25, 0.3) is 80.4 Å². The van der Waals surface area contributed by atoms with Gasteiger partial charge in [-0.2, -0.15) is 0 Å². The Hall–Kier alpha value is -6.94. The van der Waals surface area contributed by atoms with E-state index in [-0.39, 0.29) is 0 Å². The van der Waals surface area contributed by atoms with E-state index in [1.54, 1.807) is 0 Å². The SMILES string of the molecule is C/C1=C(\c2ccccc2)N=C(c2cccc(-c3ccc4c(c3)c3ccccc3c3cccc(-c5ccc6sc7ccccc7c6c5)c34)c2)N=C(c2ccccc2)CCC1. The molecule has 0 saturated heterocycles. The Balaban J connectivity index is 1.09. The number of amidine groups is 1. The molecular formula is C56H40N2S. The van der Waals surface area contributed by atoms with Crippen molar-refractivity contribution in [3.05, 3.63) is 210 Å². The lowest BCUT2D eigenvalue weighted by molar-refractivity contribution is 0.856. The number of hydrogen-bond acceptors (Lipinski definition) is 3. The van der Waals surface area contributed by atoms with Crippen LogP contribution in [0.4, 0.5) is 0 Å². The average molecular weight is 773 g/mol. The lowest BCUT2D eigenvalue weighted by atomic mass is 9.88. The molecule has 0 spiro atoms. The predicted octanol–water partition coefficient (Wildman–Crippen LogP) is 15.7. The summed E-state index contributed by atoms with van der Waals surface area (Å²) in [5, 5.41) is 10.2. The van der Waals surface area contributed by atoms with E-state index in [4.69, 9.17) is 9.98 Å². The van der Waals surface area contributed by atoms with Crippen molar-refractivity contribution in [2.24, 2.45) is 9.98 Å². The number of allylic oxidation sites excluding steroid dienone is 1. The molecule has 0 saturated carbocycles. The van der Waals surface area contributed by atoms with Gasteiger partial charge in [0.1, 0.15) is 0 Å². The fourth-order valence-electron chi connectivity index (χ4n) is 9.08. The lowest BCUT2D eigenvalue weighted by Gasteiger charge is -2.16. The third kappa shape index (κ3) is 6.36. The molecule has 0 aliphatic carbocycles. The van der Waals surface area contributed by atoms with E-state index < -0.39 is 0 Å². The normalized spacial score (nSPS) is 15.0. The van der Waals surface area contributed by atoms with Crippen molar-refractivity contribution < 1.29 is 0 Å². The highest BCUT2D eigenvalue weighted by Crippen LogP contribution is 2.43. The second kappa shape index (κ2) is 14.8. The first kappa shape index (κ1) is 35.2. The van der Waals surface area contributed by atoms with Gasteiger partial charge in [0.2, 0.25) is 0 Å². The second-order valence-electron chi connectivity index (χ2n) is 15.6. The fourth-order valence-corrected chi connectivity index (χ4v) is 10.2. The zero-order valence-electron chi connectivity index (χ0n) is 32.8. The van der Waals surface area contributed by atoms with Gasteiger partial charge in [-0.3, -0.25) is 0 Å². The summed E-state index contributed by atoms with van der Waals surface area (Å²) in [4.78, 5) is 10.8. The first-order chi connectivity index (χ1) is 29.2. The Kier molecular flexibility index (Phi) is 8.83. The van der Waals surface area contributed by atoms with E-state index in [0.717, 1.165) is 58.8 Å². The summed E-state index contributed by atoms with van der Waals surface area (Å²) in [6.07, 6.45) is 2.86. The van der Waals surface area contributed by atoms with Crippen molar-refractivity contribution in [2.75, 3.05) is 0 Å². The van der Waals surface area contributed by atoms with Crippen LogP contribution < -0.4 is 0 Å². The van der Waals surface area contributed by atoms with Crippen molar-refractivity contribution in [3.63, 3.8) is 0 Å². The smallest absolute Gasteiger partial charge is 0.160 e. The van der Waals surface area contributed by atoms with Gasteiger partial charge in [-0.25, -0.2) is 9.98 Å². The molecule has 59 heavy (non-hydrogen) atoms. The van der Waals surface area contributed by atoms with Crippen LogP contribution in [0.15, 0.2) is 204 Å². The highest BCUT2D eigenvalue weighted by Gasteiger charge is 2.18. The van der Waals surface area contributed by atoms with Crippen molar-refractivity contribution in [1.82, 2.24) is 0 Å². The van der Waals surface area contributed by atoms with E-state index >= 15 is 0 Å². The molecule has 2 heterocycles. The van der Waals surface area contributed by atoms with Crippen molar-refractivity contribution in [3.8, 4) is 22.3 Å². The number of nitrogens with zero attached hydrogens (tertiary/aromatic N) is 2. The summed E-state index contributed by atoms with van der Waals surface area (Å²) >= 11 is 1.87. The van der Waals surface area contributed by atoms with Crippen LogP contribution in [0.1, 0.15) is 42.9 Å². The standard InChI is InChI=1S/C56H40N2S/c1-36-15-12-27-51(37-16-4-2-5-17-37)57-56(58-55(36)38-18-6-3-7-19-38)42-21-13-20-39(33-42)40-29-31-48-49(34-40)45-23-9-8-22-44(45)47-26-14-25-43(54(47)48)41-30-32-53-50(35-41)46-24-10-11-28-52(46)59-53/h2-11,13-14,16-26,28-35H,12,15,27H2,1H3/b55-36-,57-51?,58-56?. The van der Waals surface area contributed by atoms with Crippen LogP contribution in [-0.2, 0) is 0 Å². The molecule has 3 heteroatoms. The first-order valence-corrected chi connectivity index (χ1v) is 21.3. The quantitative estimate of drug-likeness (QED) is 0.156. The Morgan fingerprint density at radius 2 is 0.983 bits per heavy atom. The molecule has 0 fully saturated rings. The van der Waals surface area contributed by atoms with Crippen molar-refractivity contribution >= 4 is 81.1 Å². The molecule has 0 N–H and O–H groups in total. The average Bonchev–Trinajstić information content (AvgIpc) is 3.71. The van der Waals surface area contributed by atoms with Gasteiger partial charge in [0, 0.05) is 31.3 Å². The minimum Gasteiger partial charge on any atom is -0.233 e. The predicted molar refractivity (Wildman–Crippen MR) is 255 cm³/mol. The Morgan fingerprint density at radius 3 is 1.81 bits per heavy atom. The van der Waals surface area contributed by atoms with E-state index in [9.17, 15) is 0 Å². The number of benzene rings is 9. The summed E-state index contributed by atoms with van der Waals surface area (Å²) in [6, 6.07) is 68.5. The summed E-state index contributed by atoms with van der Waals surface area (Å²) in [7, 11) is 0. The molecule has 1 aliphatic heterocycles. The van der Waals surface area contributed by atoms with Gasteiger partial charge in [-0.15, -0.1) is 11.3 Å². The van der Waals surface area contributed by atoms with Crippen LogP contribution in [0.2, 0.25) is 0 Å². The van der Waals surface area contributed by atoms with Crippen LogP contribution in [-0.4, -0.2) is 11.5 Å². The van der Waals surface area contributed by atoms with Crippen molar-refractivity contribution in [2.45, 2.75) is 26.2 Å². The number of thiophene rings is 1. The molecule has 10 aromatic rings. The molecule has 0 radical (unpaired) electrons. The summed E-state index contributed by atoms with van der Waals surface area (Å²) in [5.74, 6) is 0.739. The molecule has 1 aliphatic rings. The largest absolute Gasteiger partial charge is 0.233 e. The molecule has 0 amide bonds.